The number of aryl methyl sites for hydroxylation is 1. The summed E-state index contributed by atoms with van der Waals surface area (Å²) in [7, 11) is 0. The Kier molecular flexibility index (Phi) is 6.58. The summed E-state index contributed by atoms with van der Waals surface area (Å²) in [6, 6.07) is 1.39. The van der Waals surface area contributed by atoms with Crippen LogP contribution in [0.2, 0.25) is 0 Å². The van der Waals surface area contributed by atoms with Crippen LogP contribution < -0.4 is 5.32 Å². The molecule has 0 saturated carbocycles. The van der Waals surface area contributed by atoms with Crippen LogP contribution >= 0.6 is 0 Å². The first-order chi connectivity index (χ1) is 9.43. The minimum atomic E-state index is -0.380. The maximum atomic E-state index is 12.9. The second-order valence-electron chi connectivity index (χ2n) is 5.79. The molecule has 0 radical (unpaired) electrons. The fraction of sp³-hybridized carbons (Fsp3) is 0.600. The van der Waals surface area contributed by atoms with Crippen LogP contribution in [0.4, 0.5) is 4.39 Å². The van der Waals surface area contributed by atoms with Crippen LogP contribution in [0.1, 0.15) is 38.7 Å². The number of amides is 1. The summed E-state index contributed by atoms with van der Waals surface area (Å²) < 4.78 is 12.9. The third-order valence-corrected chi connectivity index (χ3v) is 3.18. The second-order valence-corrected chi connectivity index (χ2v) is 5.79. The van der Waals surface area contributed by atoms with Crippen LogP contribution in [-0.2, 0) is 11.2 Å². The zero-order valence-corrected chi connectivity index (χ0v) is 12.2. The summed E-state index contributed by atoms with van der Waals surface area (Å²) in [5.74, 6) is -0.426. The maximum Gasteiger partial charge on any atom is 0.220 e. The number of rotatable bonds is 8. The molecule has 1 aromatic rings. The highest BCUT2D eigenvalue weighted by atomic mass is 19.1. The number of pyridine rings is 1. The molecule has 20 heavy (non-hydrogen) atoms. The Hall–Kier alpha value is -1.49. The molecule has 1 rings (SSSR count). The summed E-state index contributed by atoms with van der Waals surface area (Å²) in [6.45, 7) is 4.73. The van der Waals surface area contributed by atoms with Crippen molar-refractivity contribution in [2.75, 3.05) is 13.2 Å². The van der Waals surface area contributed by atoms with Gasteiger partial charge in [0.2, 0.25) is 5.91 Å². The van der Waals surface area contributed by atoms with E-state index in [2.05, 4.69) is 10.3 Å². The minimum Gasteiger partial charge on any atom is -0.396 e. The molecule has 1 aromatic heterocycles. The van der Waals surface area contributed by atoms with Crippen molar-refractivity contribution in [2.45, 2.75) is 39.5 Å². The molecule has 0 aromatic carbocycles. The Balaban J connectivity index is 2.18. The lowest BCUT2D eigenvalue weighted by atomic mass is 9.89. The number of halogens is 1. The quantitative estimate of drug-likeness (QED) is 0.717. The molecule has 1 heterocycles. The van der Waals surface area contributed by atoms with E-state index in [0.717, 1.165) is 24.6 Å². The van der Waals surface area contributed by atoms with Gasteiger partial charge >= 0.3 is 0 Å². The number of aliphatic hydroxyl groups excluding tert-OH is 1. The van der Waals surface area contributed by atoms with E-state index in [1.807, 2.05) is 13.8 Å². The van der Waals surface area contributed by atoms with Crippen molar-refractivity contribution >= 4 is 5.91 Å². The highest BCUT2D eigenvalue weighted by Crippen LogP contribution is 2.20. The molecule has 5 heteroatoms. The molecule has 112 valence electrons. The van der Waals surface area contributed by atoms with E-state index in [-0.39, 0.29) is 23.7 Å². The largest absolute Gasteiger partial charge is 0.396 e. The number of nitrogens with zero attached hydrogens (tertiary/aromatic N) is 1. The normalized spacial score (nSPS) is 11.4. The monoisotopic (exact) mass is 282 g/mol. The third kappa shape index (κ3) is 6.61. The van der Waals surface area contributed by atoms with Crippen molar-refractivity contribution in [1.82, 2.24) is 10.3 Å². The van der Waals surface area contributed by atoms with Crippen LogP contribution in [0.25, 0.3) is 0 Å². The Bertz CT molecular complexity index is 436. The first kappa shape index (κ1) is 16.6. The third-order valence-electron chi connectivity index (χ3n) is 3.18. The lowest BCUT2D eigenvalue weighted by Gasteiger charge is -2.21. The predicted molar refractivity (Wildman–Crippen MR) is 75.6 cm³/mol. The Morgan fingerprint density at radius 2 is 2.20 bits per heavy atom. The van der Waals surface area contributed by atoms with Gasteiger partial charge in [0, 0.05) is 25.8 Å². The zero-order valence-electron chi connectivity index (χ0n) is 12.2. The topological polar surface area (TPSA) is 62.2 Å². The molecule has 0 aliphatic carbocycles. The number of nitrogens with one attached hydrogen (secondary N) is 1. The lowest BCUT2D eigenvalue weighted by molar-refractivity contribution is -0.121. The van der Waals surface area contributed by atoms with Gasteiger partial charge in [-0.15, -0.1) is 0 Å². The fourth-order valence-electron chi connectivity index (χ4n) is 1.81. The Morgan fingerprint density at radius 1 is 1.45 bits per heavy atom. The van der Waals surface area contributed by atoms with Crippen LogP contribution in [0.15, 0.2) is 18.5 Å². The van der Waals surface area contributed by atoms with Crippen LogP contribution in [0.3, 0.4) is 0 Å². The summed E-state index contributed by atoms with van der Waals surface area (Å²) in [5, 5.41) is 11.9. The van der Waals surface area contributed by atoms with Gasteiger partial charge in [-0.05, 0) is 36.3 Å². The van der Waals surface area contributed by atoms with Crippen LogP contribution in [-0.4, -0.2) is 29.1 Å². The molecule has 1 amide bonds. The molecule has 0 atom stereocenters. The van der Waals surface area contributed by atoms with E-state index < -0.39 is 0 Å². The number of hydrogen-bond donors (Lipinski definition) is 2. The molecule has 0 bridgehead atoms. The first-order valence-electron chi connectivity index (χ1n) is 6.90. The average molecular weight is 282 g/mol. The number of aromatic nitrogens is 1. The zero-order chi connectivity index (χ0) is 15.0. The fourth-order valence-corrected chi connectivity index (χ4v) is 1.81. The predicted octanol–water partition coefficient (Wildman–Crippen LogP) is 2.07. The van der Waals surface area contributed by atoms with Gasteiger partial charge in [0.25, 0.3) is 0 Å². The molecule has 2 N–H and O–H groups in total. The summed E-state index contributed by atoms with van der Waals surface area (Å²) in [4.78, 5) is 15.4. The van der Waals surface area contributed by atoms with Crippen molar-refractivity contribution in [3.63, 3.8) is 0 Å². The second kappa shape index (κ2) is 7.94. The molecule has 0 spiro atoms. The van der Waals surface area contributed by atoms with Crippen molar-refractivity contribution in [3.05, 3.63) is 29.8 Å². The number of carbonyl (C=O) groups excluding carboxylic acids is 1. The van der Waals surface area contributed by atoms with Gasteiger partial charge in [0.05, 0.1) is 6.20 Å². The van der Waals surface area contributed by atoms with Crippen molar-refractivity contribution in [2.24, 2.45) is 5.41 Å². The molecule has 0 aliphatic rings. The van der Waals surface area contributed by atoms with E-state index in [4.69, 9.17) is 5.11 Å². The minimum absolute atomic E-state index is 0.0453. The van der Waals surface area contributed by atoms with E-state index >= 15 is 0 Å². The van der Waals surface area contributed by atoms with E-state index in [1.54, 1.807) is 6.20 Å². The standard InChI is InChI=1S/C15H23FN2O2/c1-15(2,11-19)6-3-7-18-14(20)5-4-12-8-13(16)10-17-9-12/h8-10,19H,3-7,11H2,1-2H3,(H,18,20). The number of hydrogen-bond acceptors (Lipinski definition) is 3. The van der Waals surface area contributed by atoms with E-state index in [1.165, 1.54) is 6.07 Å². The molecule has 0 unspecified atom stereocenters. The molecule has 0 saturated heterocycles. The molecule has 0 fully saturated rings. The van der Waals surface area contributed by atoms with Crippen molar-refractivity contribution < 1.29 is 14.3 Å². The molecular formula is C15H23FN2O2. The molecule has 4 nitrogen and oxygen atoms in total. The average Bonchev–Trinajstić information content (AvgIpc) is 2.41. The van der Waals surface area contributed by atoms with Gasteiger partial charge in [-0.2, -0.15) is 0 Å². The van der Waals surface area contributed by atoms with Crippen molar-refractivity contribution in [3.8, 4) is 0 Å². The smallest absolute Gasteiger partial charge is 0.220 e. The van der Waals surface area contributed by atoms with Crippen molar-refractivity contribution in [1.29, 1.82) is 0 Å². The summed E-state index contributed by atoms with van der Waals surface area (Å²) in [5.41, 5.74) is 0.624. The Morgan fingerprint density at radius 3 is 2.85 bits per heavy atom. The number of carbonyl (C=O) groups is 1. The van der Waals surface area contributed by atoms with Crippen LogP contribution in [0, 0.1) is 11.2 Å². The van der Waals surface area contributed by atoms with Gasteiger partial charge in [-0.25, -0.2) is 4.39 Å². The van der Waals surface area contributed by atoms with Gasteiger partial charge in [0.15, 0.2) is 0 Å². The van der Waals surface area contributed by atoms with Gasteiger partial charge in [-0.3, -0.25) is 9.78 Å². The number of aliphatic hydroxyl groups is 1. The molecular weight excluding hydrogens is 259 g/mol. The first-order valence-corrected chi connectivity index (χ1v) is 6.90. The highest BCUT2D eigenvalue weighted by molar-refractivity contribution is 5.76. The summed E-state index contributed by atoms with van der Waals surface area (Å²) in [6.07, 6.45) is 5.22. The highest BCUT2D eigenvalue weighted by Gasteiger charge is 2.15. The van der Waals surface area contributed by atoms with Gasteiger partial charge in [-0.1, -0.05) is 13.8 Å². The van der Waals surface area contributed by atoms with Gasteiger partial charge < -0.3 is 10.4 Å². The van der Waals surface area contributed by atoms with E-state index in [9.17, 15) is 9.18 Å². The lowest BCUT2D eigenvalue weighted by Crippen LogP contribution is -2.26. The molecule has 0 aliphatic heterocycles. The SMILES string of the molecule is CC(C)(CO)CCCNC(=O)CCc1cncc(F)c1. The Labute approximate surface area is 119 Å². The van der Waals surface area contributed by atoms with E-state index in [0.29, 0.717) is 19.4 Å². The van der Waals surface area contributed by atoms with Crippen LogP contribution in [0.5, 0.6) is 0 Å². The summed E-state index contributed by atoms with van der Waals surface area (Å²) >= 11 is 0. The maximum absolute atomic E-state index is 12.9. The van der Waals surface area contributed by atoms with Gasteiger partial charge in [0.1, 0.15) is 5.82 Å².